The van der Waals surface area contributed by atoms with E-state index in [0.29, 0.717) is 0 Å². The molecule has 3 N–H and O–H groups in total. The zero-order valence-corrected chi connectivity index (χ0v) is 14.5. The van der Waals surface area contributed by atoms with Crippen LogP contribution in [0, 0.1) is 16.0 Å². The maximum atomic E-state index is 13.8. The highest BCUT2D eigenvalue weighted by molar-refractivity contribution is 6.00. The number of aliphatic hydroxyl groups is 1. The third-order valence-corrected chi connectivity index (χ3v) is 4.61. The van der Waals surface area contributed by atoms with Crippen LogP contribution in [0.2, 0.25) is 0 Å². The van der Waals surface area contributed by atoms with E-state index < -0.39 is 40.6 Å². The molecule has 0 bridgehead atoms. The van der Waals surface area contributed by atoms with Crippen LogP contribution in [0.3, 0.4) is 0 Å². The number of halogens is 3. The van der Waals surface area contributed by atoms with Crippen LogP contribution in [-0.2, 0) is 0 Å². The van der Waals surface area contributed by atoms with Gasteiger partial charge < -0.3 is 15.7 Å². The Labute approximate surface area is 161 Å². The van der Waals surface area contributed by atoms with Gasteiger partial charge in [0.2, 0.25) is 5.72 Å². The van der Waals surface area contributed by atoms with E-state index in [1.54, 1.807) is 6.07 Å². The van der Waals surface area contributed by atoms with E-state index in [-0.39, 0.29) is 16.8 Å². The second kappa shape index (κ2) is 7.17. The highest BCUT2D eigenvalue weighted by Gasteiger charge is 2.66. The molecule has 0 unspecified atom stereocenters. The number of nitro groups is 1. The number of nitrogens with zero attached hydrogens (tertiary/aromatic N) is 1. The number of urea groups is 1. The number of nitro benzene ring substituents is 1. The number of alkyl halides is 3. The maximum absolute atomic E-state index is 13.8. The maximum Gasteiger partial charge on any atom is 0.437 e. The minimum atomic E-state index is -5.38. The lowest BCUT2D eigenvalue weighted by molar-refractivity contribution is -0.384. The fraction of sp³-hybridized carbons (Fsp3) is 0.222. The Kier molecular flexibility index (Phi) is 5.01. The SMILES string of the molecule is O=C1N[C@H](c2ccc([N+](=O)[O-])cc2)[C@H](C(=O)c2ccccc2)[C@@](O)(C(F)(F)F)N1. The number of non-ortho nitro benzene ring substituents is 1. The Morgan fingerprint density at radius 2 is 1.69 bits per heavy atom. The van der Waals surface area contributed by atoms with E-state index in [0.717, 1.165) is 24.3 Å². The Morgan fingerprint density at radius 1 is 1.10 bits per heavy atom. The Bertz CT molecular complexity index is 949. The fourth-order valence-electron chi connectivity index (χ4n) is 3.20. The lowest BCUT2D eigenvalue weighted by Crippen LogP contribution is -2.72. The first-order valence-corrected chi connectivity index (χ1v) is 8.26. The quantitative estimate of drug-likeness (QED) is 0.407. The number of carbonyl (C=O) groups is 2. The molecule has 0 saturated carbocycles. The van der Waals surface area contributed by atoms with Crippen molar-refractivity contribution in [2.75, 3.05) is 0 Å². The molecule has 1 fully saturated rings. The van der Waals surface area contributed by atoms with Gasteiger partial charge in [0.25, 0.3) is 5.69 Å². The van der Waals surface area contributed by atoms with Gasteiger partial charge in [-0.2, -0.15) is 13.2 Å². The molecule has 2 amide bonds. The highest BCUT2D eigenvalue weighted by Crippen LogP contribution is 2.44. The van der Waals surface area contributed by atoms with Crippen LogP contribution in [-0.4, -0.2) is 33.7 Å². The molecule has 0 aliphatic carbocycles. The number of ketones is 1. The number of carbonyl (C=O) groups excluding carboxylic acids is 2. The van der Waals surface area contributed by atoms with Crippen LogP contribution in [0.15, 0.2) is 54.6 Å². The predicted octanol–water partition coefficient (Wildman–Crippen LogP) is 2.70. The third-order valence-electron chi connectivity index (χ3n) is 4.61. The van der Waals surface area contributed by atoms with Crippen molar-refractivity contribution < 1.29 is 32.8 Å². The van der Waals surface area contributed by atoms with Crippen molar-refractivity contribution in [2.24, 2.45) is 5.92 Å². The standard InChI is InChI=1S/C18H14F3N3O5/c19-18(20,21)17(27)13(15(25)11-4-2-1-3-5-11)14(22-16(26)23-17)10-6-8-12(9-7-10)24(28)29/h1-9,13-14,27H,(H2,22,23,26)/t13-,14-,17-/m1/s1. The number of hydrogen-bond acceptors (Lipinski definition) is 5. The Balaban J connectivity index is 2.14. The first kappa shape index (κ1) is 20.3. The van der Waals surface area contributed by atoms with Crippen LogP contribution in [0.4, 0.5) is 23.7 Å². The van der Waals surface area contributed by atoms with Crippen LogP contribution < -0.4 is 10.6 Å². The second-order valence-electron chi connectivity index (χ2n) is 6.40. The summed E-state index contributed by atoms with van der Waals surface area (Å²) in [6, 6.07) is 8.36. The summed E-state index contributed by atoms with van der Waals surface area (Å²) in [4.78, 5) is 35.0. The van der Waals surface area contributed by atoms with E-state index in [1.165, 1.54) is 29.6 Å². The lowest BCUT2D eigenvalue weighted by Gasteiger charge is -2.45. The summed E-state index contributed by atoms with van der Waals surface area (Å²) in [6.45, 7) is 0. The molecule has 3 rings (SSSR count). The topological polar surface area (TPSA) is 122 Å². The molecule has 0 spiro atoms. The molecule has 1 aliphatic heterocycles. The van der Waals surface area contributed by atoms with E-state index in [9.17, 15) is 38.0 Å². The predicted molar refractivity (Wildman–Crippen MR) is 92.8 cm³/mol. The van der Waals surface area contributed by atoms with Crippen molar-refractivity contribution in [3.05, 3.63) is 75.8 Å². The molecule has 0 radical (unpaired) electrons. The number of Topliss-reactive ketones (excluding diaryl/α,β-unsaturated/α-hetero) is 1. The minimum Gasteiger partial charge on any atom is -0.363 e. The fourth-order valence-corrected chi connectivity index (χ4v) is 3.20. The van der Waals surface area contributed by atoms with E-state index >= 15 is 0 Å². The molecule has 1 heterocycles. The molecule has 29 heavy (non-hydrogen) atoms. The summed E-state index contributed by atoms with van der Waals surface area (Å²) in [5.74, 6) is -3.26. The molecular weight excluding hydrogens is 395 g/mol. The normalized spacial score (nSPS) is 24.3. The molecule has 2 aromatic rings. The smallest absolute Gasteiger partial charge is 0.363 e. The highest BCUT2D eigenvalue weighted by atomic mass is 19.4. The monoisotopic (exact) mass is 409 g/mol. The molecule has 1 aliphatic rings. The van der Waals surface area contributed by atoms with Crippen molar-refractivity contribution in [2.45, 2.75) is 17.9 Å². The van der Waals surface area contributed by atoms with Gasteiger partial charge in [-0.05, 0) is 5.56 Å². The van der Waals surface area contributed by atoms with E-state index in [1.807, 2.05) is 0 Å². The van der Waals surface area contributed by atoms with Crippen molar-refractivity contribution in [1.29, 1.82) is 0 Å². The zero-order chi connectivity index (χ0) is 21.4. The van der Waals surface area contributed by atoms with Gasteiger partial charge in [0, 0.05) is 17.7 Å². The number of benzene rings is 2. The molecule has 3 atom stereocenters. The average Bonchev–Trinajstić information content (AvgIpc) is 2.67. The van der Waals surface area contributed by atoms with Crippen LogP contribution in [0.1, 0.15) is 22.0 Å². The molecule has 1 saturated heterocycles. The summed E-state index contributed by atoms with van der Waals surface area (Å²) in [5, 5.41) is 24.9. The number of rotatable bonds is 4. The number of nitrogens with one attached hydrogen (secondary N) is 2. The molecule has 11 heteroatoms. The minimum absolute atomic E-state index is 0.0117. The van der Waals surface area contributed by atoms with Gasteiger partial charge in [-0.25, -0.2) is 4.79 Å². The zero-order valence-electron chi connectivity index (χ0n) is 14.5. The average molecular weight is 409 g/mol. The van der Waals surface area contributed by atoms with Crippen molar-refractivity contribution in [3.63, 3.8) is 0 Å². The van der Waals surface area contributed by atoms with Crippen molar-refractivity contribution in [3.8, 4) is 0 Å². The van der Waals surface area contributed by atoms with Crippen LogP contribution in [0.25, 0.3) is 0 Å². The van der Waals surface area contributed by atoms with Gasteiger partial charge in [0.1, 0.15) is 5.92 Å². The van der Waals surface area contributed by atoms with Crippen LogP contribution in [0.5, 0.6) is 0 Å². The summed E-state index contributed by atoms with van der Waals surface area (Å²) in [7, 11) is 0. The van der Waals surface area contributed by atoms with E-state index in [2.05, 4.69) is 5.32 Å². The molecule has 152 valence electrons. The molecule has 0 aromatic heterocycles. The van der Waals surface area contributed by atoms with Gasteiger partial charge in [-0.3, -0.25) is 14.9 Å². The summed E-state index contributed by atoms with van der Waals surface area (Å²) >= 11 is 0. The lowest BCUT2D eigenvalue weighted by atomic mass is 9.77. The van der Waals surface area contributed by atoms with Gasteiger partial charge in [-0.15, -0.1) is 0 Å². The van der Waals surface area contributed by atoms with Crippen LogP contribution >= 0.6 is 0 Å². The summed E-state index contributed by atoms with van der Waals surface area (Å²) in [6.07, 6.45) is -5.38. The van der Waals surface area contributed by atoms with Crippen molar-refractivity contribution >= 4 is 17.5 Å². The molecule has 8 nitrogen and oxygen atoms in total. The molecular formula is C18H14F3N3O5. The number of hydrogen-bond donors (Lipinski definition) is 3. The van der Waals surface area contributed by atoms with Gasteiger partial charge in [0.05, 0.1) is 11.0 Å². The molecule has 2 aromatic carbocycles. The number of amides is 2. The first-order valence-electron chi connectivity index (χ1n) is 8.26. The summed E-state index contributed by atoms with van der Waals surface area (Å²) < 4.78 is 41.3. The second-order valence-corrected chi connectivity index (χ2v) is 6.40. The van der Waals surface area contributed by atoms with E-state index in [4.69, 9.17) is 0 Å². The van der Waals surface area contributed by atoms with Gasteiger partial charge in [-0.1, -0.05) is 42.5 Å². The first-order chi connectivity index (χ1) is 13.5. The largest absolute Gasteiger partial charge is 0.437 e. The van der Waals surface area contributed by atoms with Gasteiger partial charge >= 0.3 is 12.2 Å². The summed E-state index contributed by atoms with van der Waals surface area (Å²) in [5.41, 5.74) is -4.30. The third kappa shape index (κ3) is 3.63. The Morgan fingerprint density at radius 3 is 2.21 bits per heavy atom. The Hall–Kier alpha value is -3.47. The van der Waals surface area contributed by atoms with Crippen molar-refractivity contribution in [1.82, 2.24) is 10.6 Å². The van der Waals surface area contributed by atoms with Gasteiger partial charge in [0.15, 0.2) is 5.78 Å².